The minimum atomic E-state index is -3.75. The highest BCUT2D eigenvalue weighted by molar-refractivity contribution is 7.89. The maximum absolute atomic E-state index is 13.4. The van der Waals surface area contributed by atoms with E-state index in [1.807, 2.05) is 39.0 Å². The topological polar surface area (TPSA) is 66.5 Å². The number of nitrogens with zero attached hydrogens (tertiary/aromatic N) is 1. The normalized spacial score (nSPS) is 15.4. The SMILES string of the molecule is Cc1ccc(S(=O)(=O)N(CC(=O)Nc2cc(C)ccc2C)C2CCCCC2)cc1. The van der Waals surface area contributed by atoms with Crippen molar-refractivity contribution in [3.63, 3.8) is 0 Å². The number of rotatable bonds is 6. The van der Waals surface area contributed by atoms with Crippen molar-refractivity contribution < 1.29 is 13.2 Å². The van der Waals surface area contributed by atoms with Crippen LogP contribution >= 0.6 is 0 Å². The summed E-state index contributed by atoms with van der Waals surface area (Å²) in [7, 11) is -3.75. The van der Waals surface area contributed by atoms with Gasteiger partial charge in [0, 0.05) is 11.7 Å². The van der Waals surface area contributed by atoms with E-state index < -0.39 is 10.0 Å². The fourth-order valence-electron chi connectivity index (χ4n) is 3.83. The van der Waals surface area contributed by atoms with Crippen LogP contribution < -0.4 is 5.32 Å². The summed E-state index contributed by atoms with van der Waals surface area (Å²) < 4.78 is 28.2. The van der Waals surface area contributed by atoms with E-state index in [4.69, 9.17) is 0 Å². The van der Waals surface area contributed by atoms with E-state index in [0.29, 0.717) is 0 Å². The van der Waals surface area contributed by atoms with Crippen LogP contribution in [0.5, 0.6) is 0 Å². The Labute approximate surface area is 174 Å². The molecule has 1 fully saturated rings. The lowest BCUT2D eigenvalue weighted by molar-refractivity contribution is -0.116. The molecule has 1 amide bonds. The molecule has 2 aromatic rings. The smallest absolute Gasteiger partial charge is 0.243 e. The van der Waals surface area contributed by atoms with E-state index in [0.717, 1.165) is 54.5 Å². The van der Waals surface area contributed by atoms with Crippen molar-refractivity contribution in [2.45, 2.75) is 63.8 Å². The minimum absolute atomic E-state index is 0.139. The first-order valence-corrected chi connectivity index (χ1v) is 11.7. The molecule has 156 valence electrons. The zero-order chi connectivity index (χ0) is 21.0. The van der Waals surface area contributed by atoms with E-state index in [1.54, 1.807) is 24.3 Å². The Kier molecular flexibility index (Phi) is 6.75. The summed E-state index contributed by atoms with van der Waals surface area (Å²) in [5, 5.41) is 2.91. The number of hydrogen-bond donors (Lipinski definition) is 1. The number of carbonyl (C=O) groups excluding carboxylic acids is 1. The molecule has 1 aliphatic carbocycles. The molecule has 1 aliphatic rings. The molecule has 1 saturated carbocycles. The summed E-state index contributed by atoms with van der Waals surface area (Å²) in [6, 6.07) is 12.6. The number of amides is 1. The Morgan fingerprint density at radius 3 is 2.24 bits per heavy atom. The van der Waals surface area contributed by atoms with Gasteiger partial charge < -0.3 is 5.32 Å². The molecular formula is C23H30N2O3S. The molecule has 0 unspecified atom stereocenters. The van der Waals surface area contributed by atoms with E-state index in [9.17, 15) is 13.2 Å². The number of benzene rings is 2. The third-order valence-electron chi connectivity index (χ3n) is 5.58. The van der Waals surface area contributed by atoms with Crippen molar-refractivity contribution in [3.8, 4) is 0 Å². The van der Waals surface area contributed by atoms with Gasteiger partial charge in [-0.15, -0.1) is 0 Å². The highest BCUT2D eigenvalue weighted by Crippen LogP contribution is 2.28. The molecular weight excluding hydrogens is 384 g/mol. The van der Waals surface area contributed by atoms with Gasteiger partial charge in [-0.05, 0) is 62.9 Å². The zero-order valence-corrected chi connectivity index (χ0v) is 18.3. The van der Waals surface area contributed by atoms with Gasteiger partial charge in [0.25, 0.3) is 0 Å². The van der Waals surface area contributed by atoms with E-state index >= 15 is 0 Å². The molecule has 6 heteroatoms. The zero-order valence-electron chi connectivity index (χ0n) is 17.4. The van der Waals surface area contributed by atoms with Gasteiger partial charge in [-0.1, -0.05) is 49.1 Å². The molecule has 0 bridgehead atoms. The van der Waals surface area contributed by atoms with E-state index in [2.05, 4.69) is 5.32 Å². The van der Waals surface area contributed by atoms with Gasteiger partial charge in [-0.3, -0.25) is 4.79 Å². The number of hydrogen-bond acceptors (Lipinski definition) is 3. The number of aryl methyl sites for hydroxylation is 3. The van der Waals surface area contributed by atoms with Gasteiger partial charge in [0.2, 0.25) is 15.9 Å². The first-order chi connectivity index (χ1) is 13.8. The second kappa shape index (κ2) is 9.09. The number of nitrogens with one attached hydrogen (secondary N) is 1. The quantitative estimate of drug-likeness (QED) is 0.753. The van der Waals surface area contributed by atoms with E-state index in [-0.39, 0.29) is 23.4 Å². The van der Waals surface area contributed by atoms with Crippen LogP contribution in [-0.4, -0.2) is 31.2 Å². The molecule has 1 N–H and O–H groups in total. The molecule has 0 aromatic heterocycles. The summed E-state index contributed by atoms with van der Waals surface area (Å²) in [6.45, 7) is 5.64. The molecule has 2 aromatic carbocycles. The average molecular weight is 415 g/mol. The number of anilines is 1. The van der Waals surface area contributed by atoms with Crippen molar-refractivity contribution >= 4 is 21.6 Å². The molecule has 0 saturated heterocycles. The third kappa shape index (κ3) is 5.25. The molecule has 0 atom stereocenters. The molecule has 0 heterocycles. The highest BCUT2D eigenvalue weighted by Gasteiger charge is 2.34. The summed E-state index contributed by atoms with van der Waals surface area (Å²) >= 11 is 0. The Morgan fingerprint density at radius 1 is 0.966 bits per heavy atom. The lowest BCUT2D eigenvalue weighted by Gasteiger charge is -2.33. The van der Waals surface area contributed by atoms with Crippen LogP contribution in [0.1, 0.15) is 48.8 Å². The standard InChI is InChI=1S/C23H30N2O3S/c1-17-10-13-21(14-11-17)29(27,28)25(20-7-5-4-6-8-20)16-23(26)24-22-15-18(2)9-12-19(22)3/h9-15,20H,4-8,16H2,1-3H3,(H,24,26). The third-order valence-corrected chi connectivity index (χ3v) is 7.49. The van der Waals surface area contributed by atoms with Crippen LogP contribution in [0.25, 0.3) is 0 Å². The summed E-state index contributed by atoms with van der Waals surface area (Å²) in [4.78, 5) is 13.1. The largest absolute Gasteiger partial charge is 0.325 e. The van der Waals surface area contributed by atoms with Gasteiger partial charge in [-0.2, -0.15) is 4.31 Å². The maximum Gasteiger partial charge on any atom is 0.243 e. The fourth-order valence-corrected chi connectivity index (χ4v) is 5.47. The van der Waals surface area contributed by atoms with Crippen LogP contribution in [-0.2, 0) is 14.8 Å². The van der Waals surface area contributed by atoms with Crippen LogP contribution in [0, 0.1) is 20.8 Å². The lowest BCUT2D eigenvalue weighted by Crippen LogP contribution is -2.45. The van der Waals surface area contributed by atoms with Crippen LogP contribution in [0.2, 0.25) is 0 Å². The van der Waals surface area contributed by atoms with Crippen LogP contribution in [0.4, 0.5) is 5.69 Å². The molecule has 0 spiro atoms. The second-order valence-electron chi connectivity index (χ2n) is 8.02. The van der Waals surface area contributed by atoms with Crippen LogP contribution in [0.15, 0.2) is 47.4 Å². The summed E-state index contributed by atoms with van der Waals surface area (Å²) in [6.07, 6.45) is 4.68. The van der Waals surface area contributed by atoms with Gasteiger partial charge in [-0.25, -0.2) is 8.42 Å². The van der Waals surface area contributed by atoms with Gasteiger partial charge in [0.1, 0.15) is 0 Å². The van der Waals surface area contributed by atoms with Crippen molar-refractivity contribution in [1.29, 1.82) is 0 Å². The van der Waals surface area contributed by atoms with Crippen molar-refractivity contribution in [3.05, 3.63) is 59.2 Å². The first kappa shape index (κ1) is 21.5. The second-order valence-corrected chi connectivity index (χ2v) is 9.91. The van der Waals surface area contributed by atoms with Gasteiger partial charge >= 0.3 is 0 Å². The lowest BCUT2D eigenvalue weighted by atomic mass is 9.95. The predicted molar refractivity (Wildman–Crippen MR) is 116 cm³/mol. The Morgan fingerprint density at radius 2 is 1.59 bits per heavy atom. The monoisotopic (exact) mass is 414 g/mol. The fraction of sp³-hybridized carbons (Fsp3) is 0.435. The Bertz CT molecular complexity index is 962. The van der Waals surface area contributed by atoms with Crippen molar-refractivity contribution in [1.82, 2.24) is 4.31 Å². The maximum atomic E-state index is 13.4. The first-order valence-electron chi connectivity index (χ1n) is 10.2. The molecule has 3 rings (SSSR count). The Hall–Kier alpha value is -2.18. The molecule has 0 aliphatic heterocycles. The average Bonchev–Trinajstić information content (AvgIpc) is 2.70. The molecule has 5 nitrogen and oxygen atoms in total. The molecule has 29 heavy (non-hydrogen) atoms. The highest BCUT2D eigenvalue weighted by atomic mass is 32.2. The van der Waals surface area contributed by atoms with Crippen molar-refractivity contribution in [2.24, 2.45) is 0 Å². The van der Waals surface area contributed by atoms with Crippen molar-refractivity contribution in [2.75, 3.05) is 11.9 Å². The molecule has 0 radical (unpaired) electrons. The van der Waals surface area contributed by atoms with Crippen LogP contribution in [0.3, 0.4) is 0 Å². The minimum Gasteiger partial charge on any atom is -0.325 e. The number of carbonyl (C=O) groups is 1. The number of sulfonamides is 1. The van der Waals surface area contributed by atoms with E-state index in [1.165, 1.54) is 4.31 Å². The summed E-state index contributed by atoms with van der Waals surface area (Å²) in [5.41, 5.74) is 3.73. The predicted octanol–water partition coefficient (Wildman–Crippen LogP) is 4.57. The summed E-state index contributed by atoms with van der Waals surface area (Å²) in [5.74, 6) is -0.306. The van der Waals surface area contributed by atoms with Gasteiger partial charge in [0.15, 0.2) is 0 Å². The Balaban J connectivity index is 1.86. The van der Waals surface area contributed by atoms with Gasteiger partial charge in [0.05, 0.1) is 11.4 Å².